The minimum absolute atomic E-state index is 0.147. The monoisotopic (exact) mass is 418 g/mol. The average Bonchev–Trinajstić information content (AvgIpc) is 3.34. The second-order valence-corrected chi connectivity index (χ2v) is 8.83. The molecule has 0 spiro atoms. The molecular formula is C17H18N6O3S2. The zero-order chi connectivity index (χ0) is 19.7. The van der Waals surface area contributed by atoms with Gasteiger partial charge in [-0.3, -0.25) is 9.48 Å². The van der Waals surface area contributed by atoms with Crippen LogP contribution < -0.4 is 0 Å². The first-order valence-corrected chi connectivity index (χ1v) is 10.8. The molecule has 2 aromatic heterocycles. The van der Waals surface area contributed by atoms with E-state index in [1.807, 2.05) is 6.20 Å². The number of benzene rings is 1. The van der Waals surface area contributed by atoms with Crippen LogP contribution in [0.4, 0.5) is 0 Å². The summed E-state index contributed by atoms with van der Waals surface area (Å²) in [6.07, 6.45) is 6.67. The Morgan fingerprint density at radius 2 is 1.96 bits per heavy atom. The number of hydrogen-bond acceptors (Lipinski definition) is 7. The molecule has 0 unspecified atom stereocenters. The zero-order valence-electron chi connectivity index (χ0n) is 15.1. The molecule has 1 amide bonds. The van der Waals surface area contributed by atoms with Gasteiger partial charge in [0.2, 0.25) is 15.9 Å². The Morgan fingerprint density at radius 1 is 1.18 bits per heavy atom. The van der Waals surface area contributed by atoms with Crippen LogP contribution in [0.1, 0.15) is 5.56 Å². The van der Waals surface area contributed by atoms with Gasteiger partial charge in [0.05, 0.1) is 17.9 Å². The van der Waals surface area contributed by atoms with Gasteiger partial charge in [0.25, 0.3) is 0 Å². The van der Waals surface area contributed by atoms with Crippen molar-refractivity contribution in [2.75, 3.05) is 26.2 Å². The molecule has 11 heteroatoms. The van der Waals surface area contributed by atoms with Crippen molar-refractivity contribution in [1.29, 1.82) is 0 Å². The molecule has 1 fully saturated rings. The maximum Gasteiger partial charge on any atom is 0.246 e. The van der Waals surface area contributed by atoms with Crippen LogP contribution in [-0.2, 0) is 21.9 Å². The summed E-state index contributed by atoms with van der Waals surface area (Å²) in [7, 11) is -1.88. The number of sulfonamides is 1. The molecule has 3 heterocycles. The van der Waals surface area contributed by atoms with Crippen LogP contribution in [0.3, 0.4) is 0 Å². The molecular weight excluding hydrogens is 400 g/mol. The number of hydrogen-bond donors (Lipinski definition) is 0. The Morgan fingerprint density at radius 3 is 2.68 bits per heavy atom. The van der Waals surface area contributed by atoms with Crippen LogP contribution in [-0.4, -0.2) is 68.2 Å². The van der Waals surface area contributed by atoms with Crippen LogP contribution in [0.5, 0.6) is 0 Å². The third kappa shape index (κ3) is 3.55. The van der Waals surface area contributed by atoms with E-state index in [0.717, 1.165) is 17.3 Å². The number of carbonyl (C=O) groups is 1. The lowest BCUT2D eigenvalue weighted by Gasteiger charge is -2.33. The first-order chi connectivity index (χ1) is 13.4. The van der Waals surface area contributed by atoms with E-state index in [1.165, 1.54) is 10.4 Å². The summed E-state index contributed by atoms with van der Waals surface area (Å²) in [6, 6.07) is 4.95. The SMILES string of the molecule is Cn1cc(/C=C/C(=O)N2CCN(S(=O)(=O)c3cccc4nsnc34)CC2)cn1. The van der Waals surface area contributed by atoms with Crippen molar-refractivity contribution in [3.8, 4) is 0 Å². The topological polar surface area (TPSA) is 101 Å². The number of nitrogens with zero attached hydrogens (tertiary/aromatic N) is 6. The molecule has 1 aromatic carbocycles. The van der Waals surface area contributed by atoms with Crippen molar-refractivity contribution in [2.45, 2.75) is 4.90 Å². The average molecular weight is 419 g/mol. The summed E-state index contributed by atoms with van der Waals surface area (Å²) in [5, 5.41) is 4.05. The number of piperazine rings is 1. The lowest BCUT2D eigenvalue weighted by atomic mass is 10.3. The van der Waals surface area contributed by atoms with Crippen molar-refractivity contribution in [3.05, 3.63) is 42.2 Å². The van der Waals surface area contributed by atoms with Crippen LogP contribution in [0.15, 0.2) is 41.6 Å². The van der Waals surface area contributed by atoms with E-state index in [1.54, 1.807) is 47.1 Å². The highest BCUT2D eigenvalue weighted by Crippen LogP contribution is 2.25. The number of aromatic nitrogens is 4. The number of carbonyl (C=O) groups excluding carboxylic acids is 1. The normalized spacial score (nSPS) is 16.2. The van der Waals surface area contributed by atoms with Crippen LogP contribution in [0.2, 0.25) is 0 Å². The van der Waals surface area contributed by atoms with Gasteiger partial charge in [-0.05, 0) is 18.2 Å². The summed E-state index contributed by atoms with van der Waals surface area (Å²) in [4.78, 5) is 14.2. The van der Waals surface area contributed by atoms with Gasteiger partial charge in [0.15, 0.2) is 0 Å². The van der Waals surface area contributed by atoms with Gasteiger partial charge in [-0.25, -0.2) is 8.42 Å². The first-order valence-electron chi connectivity index (χ1n) is 8.62. The Balaban J connectivity index is 1.44. The number of fused-ring (bicyclic) bond motifs is 1. The highest BCUT2D eigenvalue weighted by atomic mass is 32.2. The van der Waals surface area contributed by atoms with Gasteiger partial charge in [-0.2, -0.15) is 18.2 Å². The van der Waals surface area contributed by atoms with E-state index in [4.69, 9.17) is 0 Å². The number of rotatable bonds is 4. The Bertz CT molecular complexity index is 1140. The minimum atomic E-state index is -3.69. The lowest BCUT2D eigenvalue weighted by Crippen LogP contribution is -2.50. The lowest BCUT2D eigenvalue weighted by molar-refractivity contribution is -0.127. The summed E-state index contributed by atoms with van der Waals surface area (Å²) in [5.41, 5.74) is 1.80. The Hall–Kier alpha value is -2.63. The molecule has 0 aliphatic carbocycles. The second-order valence-electron chi connectivity index (χ2n) is 6.40. The molecule has 3 aromatic rings. The molecule has 146 valence electrons. The van der Waals surface area contributed by atoms with E-state index >= 15 is 0 Å². The van der Waals surface area contributed by atoms with E-state index in [-0.39, 0.29) is 23.9 Å². The second kappa shape index (κ2) is 7.41. The van der Waals surface area contributed by atoms with E-state index < -0.39 is 10.0 Å². The summed E-state index contributed by atoms with van der Waals surface area (Å²) >= 11 is 0.990. The van der Waals surface area contributed by atoms with Gasteiger partial charge in [-0.1, -0.05) is 6.07 Å². The third-order valence-electron chi connectivity index (χ3n) is 4.56. The van der Waals surface area contributed by atoms with Crippen molar-refractivity contribution in [2.24, 2.45) is 7.05 Å². The molecule has 9 nitrogen and oxygen atoms in total. The molecule has 28 heavy (non-hydrogen) atoms. The fourth-order valence-electron chi connectivity index (χ4n) is 3.08. The smallest absolute Gasteiger partial charge is 0.246 e. The molecule has 0 bridgehead atoms. The molecule has 1 aliphatic rings. The molecule has 4 rings (SSSR count). The largest absolute Gasteiger partial charge is 0.337 e. The van der Waals surface area contributed by atoms with Crippen LogP contribution >= 0.6 is 11.7 Å². The summed E-state index contributed by atoms with van der Waals surface area (Å²) in [5.74, 6) is -0.147. The zero-order valence-corrected chi connectivity index (χ0v) is 16.7. The number of aryl methyl sites for hydroxylation is 1. The third-order valence-corrected chi connectivity index (χ3v) is 7.03. The van der Waals surface area contributed by atoms with Gasteiger partial charge < -0.3 is 4.90 Å². The molecule has 0 N–H and O–H groups in total. The maximum absolute atomic E-state index is 13.0. The predicted molar refractivity (Wildman–Crippen MR) is 105 cm³/mol. The van der Waals surface area contributed by atoms with Gasteiger partial charge in [0.1, 0.15) is 15.9 Å². The fraction of sp³-hybridized carbons (Fsp3) is 0.294. The summed E-state index contributed by atoms with van der Waals surface area (Å²) < 4.78 is 37.3. The highest BCUT2D eigenvalue weighted by Gasteiger charge is 2.31. The molecule has 0 radical (unpaired) electrons. The Labute approximate surface area is 166 Å². The predicted octanol–water partition coefficient (Wildman–Crippen LogP) is 0.971. The van der Waals surface area contributed by atoms with E-state index in [2.05, 4.69) is 13.8 Å². The van der Waals surface area contributed by atoms with Crippen molar-refractivity contribution in [3.63, 3.8) is 0 Å². The maximum atomic E-state index is 13.0. The van der Waals surface area contributed by atoms with Crippen LogP contribution in [0.25, 0.3) is 17.1 Å². The van der Waals surface area contributed by atoms with E-state index in [9.17, 15) is 13.2 Å². The van der Waals surface area contributed by atoms with Crippen LogP contribution in [0, 0.1) is 0 Å². The molecule has 1 aliphatic heterocycles. The quantitative estimate of drug-likeness (QED) is 0.585. The van der Waals surface area contributed by atoms with Crippen molar-refractivity contribution >= 4 is 44.8 Å². The van der Waals surface area contributed by atoms with Gasteiger partial charge >= 0.3 is 0 Å². The van der Waals surface area contributed by atoms with E-state index in [0.29, 0.717) is 24.1 Å². The highest BCUT2D eigenvalue weighted by molar-refractivity contribution is 7.89. The standard InChI is InChI=1S/C17H18N6O3S2/c1-21-12-13(11-18-21)5-6-16(24)22-7-9-23(10-8-22)28(25,26)15-4-2-3-14-17(15)20-27-19-14/h2-6,11-12H,7-10H2,1H3/b6-5+. The molecule has 1 saturated heterocycles. The Kier molecular flexibility index (Phi) is 4.96. The van der Waals surface area contributed by atoms with Gasteiger partial charge in [0, 0.05) is 51.1 Å². The van der Waals surface area contributed by atoms with Gasteiger partial charge in [-0.15, -0.1) is 0 Å². The number of amides is 1. The first kappa shape index (κ1) is 18.7. The summed E-state index contributed by atoms with van der Waals surface area (Å²) in [6.45, 7) is 1.15. The molecule has 0 saturated carbocycles. The minimum Gasteiger partial charge on any atom is -0.337 e. The van der Waals surface area contributed by atoms with Crippen molar-refractivity contribution in [1.82, 2.24) is 27.7 Å². The fourth-order valence-corrected chi connectivity index (χ4v) is 5.25. The molecule has 0 atom stereocenters. The van der Waals surface area contributed by atoms with Crippen molar-refractivity contribution < 1.29 is 13.2 Å².